The number of urea groups is 1. The van der Waals surface area contributed by atoms with Crippen molar-refractivity contribution in [2.24, 2.45) is 0 Å². The fourth-order valence-corrected chi connectivity index (χ4v) is 1.45. The Morgan fingerprint density at radius 3 is 2.68 bits per heavy atom. The monoisotopic (exact) mass is 258 g/mol. The fourth-order valence-electron chi connectivity index (χ4n) is 1.45. The number of amides is 2. The van der Waals surface area contributed by atoms with Gasteiger partial charge in [-0.15, -0.1) is 0 Å². The van der Waals surface area contributed by atoms with Gasteiger partial charge < -0.3 is 10.1 Å². The first-order valence-corrected chi connectivity index (χ1v) is 5.66. The minimum atomic E-state index is -0.407. The number of carbonyl (C=O) groups excluding carboxylic acids is 1. The quantitative estimate of drug-likeness (QED) is 0.735. The molecule has 2 aromatic rings. The number of nitrogens with zero attached hydrogens (tertiary/aromatic N) is 1. The van der Waals surface area contributed by atoms with Gasteiger partial charge in [0, 0.05) is 6.20 Å². The van der Waals surface area contributed by atoms with Crippen LogP contribution in [0.5, 0.6) is 5.88 Å². The van der Waals surface area contributed by atoms with Crippen molar-refractivity contribution >= 4 is 17.4 Å². The smallest absolute Gasteiger partial charge is 0.338 e. The highest BCUT2D eigenvalue weighted by Gasteiger charge is 2.06. The van der Waals surface area contributed by atoms with Gasteiger partial charge in [0.25, 0.3) is 0 Å². The van der Waals surface area contributed by atoms with Crippen LogP contribution in [0.4, 0.5) is 16.2 Å². The first-order chi connectivity index (χ1) is 9.29. The van der Waals surface area contributed by atoms with Crippen LogP contribution < -0.4 is 20.9 Å². The van der Waals surface area contributed by atoms with Crippen LogP contribution in [0.25, 0.3) is 0 Å². The van der Waals surface area contributed by atoms with Crippen LogP contribution >= 0.6 is 0 Å². The summed E-state index contributed by atoms with van der Waals surface area (Å²) in [5.74, 6) is 0.359. The summed E-state index contributed by atoms with van der Waals surface area (Å²) < 4.78 is 5.03. The Labute approximate surface area is 110 Å². The number of para-hydroxylation sites is 1. The topological polar surface area (TPSA) is 75.3 Å². The van der Waals surface area contributed by atoms with E-state index in [4.69, 9.17) is 4.74 Å². The van der Waals surface area contributed by atoms with Crippen molar-refractivity contribution in [1.82, 2.24) is 10.4 Å². The third kappa shape index (κ3) is 3.60. The summed E-state index contributed by atoms with van der Waals surface area (Å²) in [5, 5.41) is 2.63. The van der Waals surface area contributed by atoms with Crippen LogP contribution in [0.2, 0.25) is 0 Å². The highest BCUT2D eigenvalue weighted by atomic mass is 16.5. The Kier molecular flexibility index (Phi) is 4.17. The first kappa shape index (κ1) is 12.7. The number of pyridine rings is 1. The molecule has 6 nitrogen and oxygen atoms in total. The van der Waals surface area contributed by atoms with E-state index in [1.165, 1.54) is 7.11 Å². The molecule has 0 saturated heterocycles. The summed E-state index contributed by atoms with van der Waals surface area (Å²) in [6.45, 7) is 0. The molecule has 1 aromatic heterocycles. The molecule has 6 heteroatoms. The maximum Gasteiger partial charge on any atom is 0.338 e. The van der Waals surface area contributed by atoms with Crippen LogP contribution in [0, 0.1) is 0 Å². The molecule has 0 atom stereocenters. The van der Waals surface area contributed by atoms with E-state index in [1.807, 2.05) is 30.3 Å². The lowest BCUT2D eigenvalue weighted by atomic mass is 10.3. The van der Waals surface area contributed by atoms with Crippen molar-refractivity contribution in [3.63, 3.8) is 0 Å². The number of aromatic nitrogens is 1. The normalized spacial score (nSPS) is 9.53. The third-order valence-electron chi connectivity index (χ3n) is 2.31. The zero-order valence-corrected chi connectivity index (χ0v) is 10.4. The Morgan fingerprint density at radius 2 is 1.95 bits per heavy atom. The van der Waals surface area contributed by atoms with Crippen LogP contribution in [-0.4, -0.2) is 18.1 Å². The minimum absolute atomic E-state index is 0.359. The number of anilines is 2. The molecular formula is C13H14N4O2. The Morgan fingerprint density at radius 1 is 1.16 bits per heavy atom. The van der Waals surface area contributed by atoms with Gasteiger partial charge in [-0.3, -0.25) is 10.9 Å². The maximum atomic E-state index is 11.7. The molecule has 2 amide bonds. The minimum Gasteiger partial charge on any atom is -0.480 e. The molecule has 19 heavy (non-hydrogen) atoms. The number of hydrogen-bond donors (Lipinski definition) is 3. The molecule has 0 bridgehead atoms. The summed E-state index contributed by atoms with van der Waals surface area (Å²) in [6, 6.07) is 12.3. The molecule has 0 aliphatic heterocycles. The molecule has 0 fully saturated rings. The summed E-state index contributed by atoms with van der Waals surface area (Å²) in [5.41, 5.74) is 6.58. The number of hydrogen-bond acceptors (Lipinski definition) is 4. The number of carbonyl (C=O) groups is 1. The van der Waals surface area contributed by atoms with Gasteiger partial charge in [0.2, 0.25) is 5.88 Å². The van der Waals surface area contributed by atoms with Gasteiger partial charge >= 0.3 is 6.03 Å². The van der Waals surface area contributed by atoms with Gasteiger partial charge in [-0.05, 0) is 24.3 Å². The van der Waals surface area contributed by atoms with Gasteiger partial charge in [0.05, 0.1) is 12.8 Å². The zero-order valence-electron chi connectivity index (χ0n) is 10.4. The van der Waals surface area contributed by atoms with Gasteiger partial charge in [0.1, 0.15) is 5.69 Å². The molecule has 0 aliphatic rings. The SMILES string of the molecule is COc1ncccc1NC(=O)NNc1ccccc1. The van der Waals surface area contributed by atoms with E-state index in [0.29, 0.717) is 11.6 Å². The van der Waals surface area contributed by atoms with Gasteiger partial charge in [0.15, 0.2) is 0 Å². The number of ether oxygens (including phenoxy) is 1. The van der Waals surface area contributed by atoms with E-state index < -0.39 is 6.03 Å². The van der Waals surface area contributed by atoms with Crippen LogP contribution in [0.1, 0.15) is 0 Å². The summed E-state index contributed by atoms with van der Waals surface area (Å²) >= 11 is 0. The Balaban J connectivity index is 1.91. The van der Waals surface area contributed by atoms with E-state index in [-0.39, 0.29) is 0 Å². The molecule has 98 valence electrons. The maximum absolute atomic E-state index is 11.7. The molecule has 1 aromatic carbocycles. The fraction of sp³-hybridized carbons (Fsp3) is 0.0769. The second-order valence-corrected chi connectivity index (χ2v) is 3.63. The van der Waals surface area contributed by atoms with Crippen LogP contribution in [0.3, 0.4) is 0 Å². The van der Waals surface area contributed by atoms with Gasteiger partial charge in [-0.1, -0.05) is 18.2 Å². The Bertz CT molecular complexity index is 545. The Hall–Kier alpha value is -2.76. The van der Waals surface area contributed by atoms with Crippen molar-refractivity contribution < 1.29 is 9.53 Å². The second-order valence-electron chi connectivity index (χ2n) is 3.63. The predicted molar refractivity (Wildman–Crippen MR) is 73.0 cm³/mol. The lowest BCUT2D eigenvalue weighted by Gasteiger charge is -2.11. The van der Waals surface area contributed by atoms with Crippen molar-refractivity contribution in [3.8, 4) is 5.88 Å². The zero-order chi connectivity index (χ0) is 13.5. The van der Waals surface area contributed by atoms with E-state index in [9.17, 15) is 4.79 Å². The standard InChI is InChI=1S/C13H14N4O2/c1-19-12-11(8-5-9-14-12)15-13(18)17-16-10-6-3-2-4-7-10/h2-9,16H,1H3,(H2,15,17,18). The summed E-state index contributed by atoms with van der Waals surface area (Å²) in [7, 11) is 1.49. The third-order valence-corrected chi connectivity index (χ3v) is 2.31. The van der Waals surface area contributed by atoms with Crippen molar-refractivity contribution in [1.29, 1.82) is 0 Å². The summed E-state index contributed by atoms with van der Waals surface area (Å²) in [4.78, 5) is 15.7. The van der Waals surface area contributed by atoms with E-state index >= 15 is 0 Å². The molecular weight excluding hydrogens is 244 g/mol. The highest BCUT2D eigenvalue weighted by molar-refractivity contribution is 5.91. The molecule has 0 saturated carbocycles. The summed E-state index contributed by atoms with van der Waals surface area (Å²) in [6.07, 6.45) is 1.59. The lowest BCUT2D eigenvalue weighted by molar-refractivity contribution is 0.253. The molecule has 3 N–H and O–H groups in total. The molecule has 1 heterocycles. The highest BCUT2D eigenvalue weighted by Crippen LogP contribution is 2.19. The van der Waals surface area contributed by atoms with E-state index in [0.717, 1.165) is 5.69 Å². The van der Waals surface area contributed by atoms with Crippen LogP contribution in [0.15, 0.2) is 48.7 Å². The van der Waals surface area contributed by atoms with Gasteiger partial charge in [-0.2, -0.15) is 0 Å². The van der Waals surface area contributed by atoms with Crippen molar-refractivity contribution in [2.75, 3.05) is 17.9 Å². The van der Waals surface area contributed by atoms with Crippen LogP contribution in [-0.2, 0) is 0 Å². The average Bonchev–Trinajstić information content (AvgIpc) is 2.47. The molecule has 0 unspecified atom stereocenters. The average molecular weight is 258 g/mol. The number of nitrogens with one attached hydrogen (secondary N) is 3. The van der Waals surface area contributed by atoms with E-state index in [2.05, 4.69) is 21.2 Å². The van der Waals surface area contributed by atoms with E-state index in [1.54, 1.807) is 18.3 Å². The number of rotatable bonds is 4. The van der Waals surface area contributed by atoms with Crippen molar-refractivity contribution in [3.05, 3.63) is 48.7 Å². The molecule has 0 spiro atoms. The number of hydrazine groups is 1. The molecule has 0 aliphatic carbocycles. The second kappa shape index (κ2) is 6.25. The lowest BCUT2D eigenvalue weighted by Crippen LogP contribution is -2.33. The van der Waals surface area contributed by atoms with Crippen molar-refractivity contribution in [2.45, 2.75) is 0 Å². The first-order valence-electron chi connectivity index (χ1n) is 5.66. The molecule has 2 rings (SSSR count). The molecule has 0 radical (unpaired) electrons. The number of methoxy groups -OCH3 is 1. The number of benzene rings is 1. The van der Waals surface area contributed by atoms with Gasteiger partial charge in [-0.25, -0.2) is 9.78 Å². The largest absolute Gasteiger partial charge is 0.480 e. The predicted octanol–water partition coefficient (Wildman–Crippen LogP) is 2.24.